The molecule has 0 amide bonds. The first-order chi connectivity index (χ1) is 4.97. The van der Waals surface area contributed by atoms with E-state index in [4.69, 9.17) is 9.47 Å². The van der Waals surface area contributed by atoms with Gasteiger partial charge in [-0.05, 0) is 12.5 Å². The molecule has 0 aromatic rings. The average molecular weight is 137 g/mol. The molecule has 53 valence electrons. The molecule has 0 N–H and O–H groups in total. The summed E-state index contributed by atoms with van der Waals surface area (Å²) in [6.07, 6.45) is 7.15. The predicted molar refractivity (Wildman–Crippen MR) is 37.0 cm³/mol. The Balaban J connectivity index is 2.14. The molecule has 1 fully saturated rings. The van der Waals surface area contributed by atoms with Gasteiger partial charge in [0.05, 0.1) is 6.61 Å². The molecule has 1 atom stereocenters. The molecule has 0 bridgehead atoms. The molecule has 1 unspecified atom stereocenters. The first-order valence-corrected chi connectivity index (χ1v) is 3.43. The van der Waals surface area contributed by atoms with Crippen LogP contribution in [0.2, 0.25) is 0 Å². The molecule has 0 spiro atoms. The molecule has 2 heteroatoms. The van der Waals surface area contributed by atoms with Crippen molar-refractivity contribution in [2.45, 2.75) is 12.5 Å². The highest BCUT2D eigenvalue weighted by atomic mass is 16.6. The van der Waals surface area contributed by atoms with Crippen molar-refractivity contribution in [2.75, 3.05) is 6.61 Å². The molecular weight excluding hydrogens is 128 g/mol. The summed E-state index contributed by atoms with van der Waals surface area (Å²) < 4.78 is 10.6. The Hall–Kier alpha value is -0.760. The lowest BCUT2D eigenvalue weighted by Gasteiger charge is -2.26. The van der Waals surface area contributed by atoms with Gasteiger partial charge in [0.15, 0.2) is 6.61 Å². The van der Waals surface area contributed by atoms with E-state index in [2.05, 4.69) is 6.08 Å². The zero-order valence-electron chi connectivity index (χ0n) is 5.62. The summed E-state index contributed by atoms with van der Waals surface area (Å²) in [5, 5.41) is 0. The molecule has 1 aliphatic carbocycles. The van der Waals surface area contributed by atoms with Gasteiger partial charge in [-0.2, -0.15) is 0 Å². The first kappa shape index (κ1) is 5.98. The molecule has 0 aromatic carbocycles. The zero-order valence-corrected chi connectivity index (χ0v) is 5.62. The van der Waals surface area contributed by atoms with Crippen molar-refractivity contribution in [3.8, 4) is 0 Å². The van der Waals surface area contributed by atoms with Crippen LogP contribution in [-0.4, -0.2) is 12.7 Å². The SMILES string of the molecule is [CH]1COC2CC=CC=C2O1. The second-order valence-corrected chi connectivity index (χ2v) is 2.34. The minimum absolute atomic E-state index is 0.176. The van der Waals surface area contributed by atoms with Crippen LogP contribution >= 0.6 is 0 Å². The van der Waals surface area contributed by atoms with E-state index in [-0.39, 0.29) is 6.10 Å². The monoisotopic (exact) mass is 137 g/mol. The summed E-state index contributed by atoms with van der Waals surface area (Å²) in [6.45, 7) is 2.29. The Bertz CT molecular complexity index is 182. The van der Waals surface area contributed by atoms with E-state index in [1.165, 1.54) is 0 Å². The fraction of sp³-hybridized carbons (Fsp3) is 0.375. The summed E-state index contributed by atoms with van der Waals surface area (Å²) >= 11 is 0. The molecule has 2 rings (SSSR count). The van der Waals surface area contributed by atoms with E-state index in [0.717, 1.165) is 12.2 Å². The van der Waals surface area contributed by atoms with Crippen LogP contribution in [0.4, 0.5) is 0 Å². The molecule has 2 aliphatic rings. The second kappa shape index (κ2) is 2.46. The van der Waals surface area contributed by atoms with Gasteiger partial charge in [0.2, 0.25) is 0 Å². The fourth-order valence-corrected chi connectivity index (χ4v) is 1.14. The lowest BCUT2D eigenvalue weighted by molar-refractivity contribution is -0.00956. The Labute approximate surface area is 60.1 Å². The third kappa shape index (κ3) is 0.948. The number of hydrogen-bond acceptors (Lipinski definition) is 2. The molecule has 1 saturated heterocycles. The average Bonchev–Trinajstić information content (AvgIpc) is 2.05. The van der Waals surface area contributed by atoms with Gasteiger partial charge < -0.3 is 9.47 Å². The van der Waals surface area contributed by atoms with E-state index in [0.29, 0.717) is 6.61 Å². The number of hydrogen-bond donors (Lipinski definition) is 0. The quantitative estimate of drug-likeness (QED) is 0.502. The minimum Gasteiger partial charge on any atom is -0.486 e. The van der Waals surface area contributed by atoms with Crippen LogP contribution in [0.1, 0.15) is 6.42 Å². The first-order valence-electron chi connectivity index (χ1n) is 3.43. The molecule has 2 nitrogen and oxygen atoms in total. The van der Waals surface area contributed by atoms with E-state index >= 15 is 0 Å². The van der Waals surface area contributed by atoms with Crippen molar-refractivity contribution < 1.29 is 9.47 Å². The Morgan fingerprint density at radius 2 is 2.50 bits per heavy atom. The van der Waals surface area contributed by atoms with Gasteiger partial charge in [0, 0.05) is 0 Å². The highest BCUT2D eigenvalue weighted by Crippen LogP contribution is 2.22. The molecule has 1 heterocycles. The van der Waals surface area contributed by atoms with Gasteiger partial charge in [-0.15, -0.1) is 0 Å². The van der Waals surface area contributed by atoms with Crippen molar-refractivity contribution >= 4 is 0 Å². The Morgan fingerprint density at radius 3 is 3.40 bits per heavy atom. The lowest BCUT2D eigenvalue weighted by atomic mass is 10.1. The minimum atomic E-state index is 0.176. The number of allylic oxidation sites excluding steroid dienone is 2. The van der Waals surface area contributed by atoms with E-state index < -0.39 is 0 Å². The molecule has 1 radical (unpaired) electrons. The van der Waals surface area contributed by atoms with Crippen LogP contribution in [0, 0.1) is 6.61 Å². The maximum absolute atomic E-state index is 5.38. The van der Waals surface area contributed by atoms with Crippen molar-refractivity contribution in [1.29, 1.82) is 0 Å². The van der Waals surface area contributed by atoms with Crippen LogP contribution < -0.4 is 0 Å². The van der Waals surface area contributed by atoms with Crippen LogP contribution in [0.25, 0.3) is 0 Å². The fourth-order valence-electron chi connectivity index (χ4n) is 1.14. The van der Waals surface area contributed by atoms with Gasteiger partial charge in [0.25, 0.3) is 0 Å². The van der Waals surface area contributed by atoms with E-state index in [9.17, 15) is 0 Å². The lowest BCUT2D eigenvalue weighted by Crippen LogP contribution is -2.24. The number of fused-ring (bicyclic) bond motifs is 1. The molecule has 10 heavy (non-hydrogen) atoms. The standard InChI is InChI=1S/C8H9O2/c1-2-4-8-7(3-1)9-5-6-10-8/h1-3,5,8H,4,6H2. The molecule has 0 saturated carbocycles. The highest BCUT2D eigenvalue weighted by molar-refractivity contribution is 5.19. The highest BCUT2D eigenvalue weighted by Gasteiger charge is 2.20. The maximum atomic E-state index is 5.38. The number of rotatable bonds is 0. The van der Waals surface area contributed by atoms with E-state index in [1.807, 2.05) is 12.2 Å². The van der Waals surface area contributed by atoms with Crippen molar-refractivity contribution in [3.05, 3.63) is 30.6 Å². The van der Waals surface area contributed by atoms with Crippen molar-refractivity contribution in [2.24, 2.45) is 0 Å². The zero-order chi connectivity index (χ0) is 6.81. The summed E-state index contributed by atoms with van der Waals surface area (Å²) in [6, 6.07) is 0. The molecular formula is C8H9O2. The Kier molecular flexibility index (Phi) is 1.47. The summed E-state index contributed by atoms with van der Waals surface area (Å²) in [4.78, 5) is 0. The second-order valence-electron chi connectivity index (χ2n) is 2.34. The summed E-state index contributed by atoms with van der Waals surface area (Å²) in [7, 11) is 0. The normalized spacial score (nSPS) is 30.4. The van der Waals surface area contributed by atoms with Gasteiger partial charge in [-0.25, -0.2) is 0 Å². The van der Waals surface area contributed by atoms with Crippen molar-refractivity contribution in [1.82, 2.24) is 0 Å². The smallest absolute Gasteiger partial charge is 0.160 e. The van der Waals surface area contributed by atoms with Crippen LogP contribution in [0.5, 0.6) is 0 Å². The maximum Gasteiger partial charge on any atom is 0.160 e. The largest absolute Gasteiger partial charge is 0.486 e. The topological polar surface area (TPSA) is 18.5 Å². The Morgan fingerprint density at radius 1 is 1.50 bits per heavy atom. The van der Waals surface area contributed by atoms with Gasteiger partial charge in [-0.1, -0.05) is 12.2 Å². The third-order valence-electron chi connectivity index (χ3n) is 1.65. The predicted octanol–water partition coefficient (Wildman–Crippen LogP) is 1.41. The van der Waals surface area contributed by atoms with Crippen molar-refractivity contribution in [3.63, 3.8) is 0 Å². The van der Waals surface area contributed by atoms with Crippen LogP contribution in [-0.2, 0) is 9.47 Å². The number of ether oxygens (including phenoxy) is 2. The molecule has 0 aromatic heterocycles. The van der Waals surface area contributed by atoms with Gasteiger partial charge in [-0.3, -0.25) is 0 Å². The van der Waals surface area contributed by atoms with E-state index in [1.54, 1.807) is 6.61 Å². The van der Waals surface area contributed by atoms with Crippen LogP contribution in [0.15, 0.2) is 24.0 Å². The van der Waals surface area contributed by atoms with Crippen LogP contribution in [0.3, 0.4) is 0 Å². The van der Waals surface area contributed by atoms with Gasteiger partial charge >= 0.3 is 0 Å². The summed E-state index contributed by atoms with van der Waals surface area (Å²) in [5.41, 5.74) is 0. The molecule has 1 aliphatic heterocycles. The summed E-state index contributed by atoms with van der Waals surface area (Å²) in [5.74, 6) is 0.939. The third-order valence-corrected chi connectivity index (χ3v) is 1.65. The van der Waals surface area contributed by atoms with Gasteiger partial charge in [0.1, 0.15) is 11.9 Å².